The molecule has 11 heavy (non-hydrogen) atoms. The lowest BCUT2D eigenvalue weighted by molar-refractivity contribution is 0.626. The third kappa shape index (κ3) is 2.40. The Morgan fingerprint density at radius 1 is 1.27 bits per heavy atom. The van der Waals surface area contributed by atoms with Gasteiger partial charge in [-0.1, -0.05) is 36.6 Å². The highest BCUT2D eigenvalue weighted by Crippen LogP contribution is 2.08. The monoisotopic (exact) mass is 165 g/mol. The molecule has 1 aliphatic rings. The first-order valence-electron chi connectivity index (χ1n) is 4.47. The van der Waals surface area contributed by atoms with Crippen LogP contribution in [0.3, 0.4) is 0 Å². The van der Waals surface area contributed by atoms with E-state index in [4.69, 9.17) is 0 Å². The molecule has 0 saturated carbocycles. The van der Waals surface area contributed by atoms with Crippen LogP contribution < -0.4 is 0 Å². The molecule has 0 bridgehead atoms. The van der Waals surface area contributed by atoms with Crippen LogP contribution in [0.25, 0.3) is 0 Å². The summed E-state index contributed by atoms with van der Waals surface area (Å²) < 4.78 is 2.54. The number of hydrogen-bond donors (Lipinski definition) is 0. The minimum Gasteiger partial charge on any atom is -0.466 e. The van der Waals surface area contributed by atoms with E-state index in [1.807, 2.05) is 0 Å². The predicted molar refractivity (Wildman–Crippen MR) is 51.7 cm³/mol. The lowest BCUT2D eigenvalue weighted by Crippen LogP contribution is -2.34. The average Bonchev–Trinajstić information content (AvgIpc) is 2.09. The molecule has 0 radical (unpaired) electrons. The van der Waals surface area contributed by atoms with Crippen molar-refractivity contribution in [2.45, 2.75) is 24.4 Å². The largest absolute Gasteiger partial charge is 0.466 e. The summed E-state index contributed by atoms with van der Waals surface area (Å²) in [4.78, 5) is 0. The Hall–Kier alpha value is -0.188. The summed E-state index contributed by atoms with van der Waals surface area (Å²) in [5, 5.41) is 2.77. The van der Waals surface area contributed by atoms with E-state index in [2.05, 4.69) is 42.2 Å². The molecule has 1 nitrogen and oxygen atoms in total. The van der Waals surface area contributed by atoms with Gasteiger partial charge in [0.1, 0.15) is 0 Å². The Morgan fingerprint density at radius 2 is 2.00 bits per heavy atom. The number of allylic oxidation sites excluding steroid dienone is 2. The van der Waals surface area contributed by atoms with Crippen molar-refractivity contribution in [2.24, 2.45) is 0 Å². The highest BCUT2D eigenvalue weighted by atomic mass is 27.2. The number of nitrogens with zero attached hydrogens (tertiary/aromatic N) is 1. The molecule has 0 aromatic heterocycles. The van der Waals surface area contributed by atoms with Gasteiger partial charge in [0.05, 0.1) is 0 Å². The van der Waals surface area contributed by atoms with Crippen molar-refractivity contribution in [3.8, 4) is 0 Å². The minimum absolute atomic E-state index is 0.578. The molecular weight excluding hydrogens is 149 g/mol. The zero-order chi connectivity index (χ0) is 8.10. The van der Waals surface area contributed by atoms with Crippen molar-refractivity contribution in [3.05, 3.63) is 24.4 Å². The summed E-state index contributed by atoms with van der Waals surface area (Å²) in [5.41, 5.74) is 0. The van der Waals surface area contributed by atoms with Gasteiger partial charge < -0.3 is 3.88 Å². The van der Waals surface area contributed by atoms with Gasteiger partial charge in [0.15, 0.2) is 0 Å². The second-order valence-electron chi connectivity index (χ2n) is 2.94. The van der Waals surface area contributed by atoms with Crippen LogP contribution in [0.4, 0.5) is 0 Å². The molecule has 60 valence electrons. The predicted octanol–water partition coefficient (Wildman–Crippen LogP) is 2.40. The molecule has 0 atom stereocenters. The molecule has 2 heteroatoms. The van der Waals surface area contributed by atoms with E-state index in [0.717, 1.165) is 6.54 Å². The van der Waals surface area contributed by atoms with Gasteiger partial charge in [0, 0.05) is 6.54 Å². The van der Waals surface area contributed by atoms with Crippen molar-refractivity contribution in [1.29, 1.82) is 0 Å². The van der Waals surface area contributed by atoms with Crippen molar-refractivity contribution in [3.63, 3.8) is 0 Å². The third-order valence-corrected chi connectivity index (χ3v) is 5.46. The van der Waals surface area contributed by atoms with Crippen LogP contribution in [0.2, 0.25) is 10.6 Å². The summed E-state index contributed by atoms with van der Waals surface area (Å²) in [7, 11) is 0. The summed E-state index contributed by atoms with van der Waals surface area (Å²) in [5.74, 6) is 0. The zero-order valence-corrected chi connectivity index (χ0v) is 8.61. The van der Waals surface area contributed by atoms with Crippen molar-refractivity contribution >= 4 is 14.4 Å². The maximum absolute atomic E-state index is 2.54. The lowest BCUT2D eigenvalue weighted by atomic mass is 10.4. The second-order valence-corrected chi connectivity index (χ2v) is 6.54. The van der Waals surface area contributed by atoms with Crippen LogP contribution in [0.1, 0.15) is 13.8 Å². The van der Waals surface area contributed by atoms with Gasteiger partial charge >= 0.3 is 14.4 Å². The molecule has 0 spiro atoms. The molecule has 0 aliphatic carbocycles. The summed E-state index contributed by atoms with van der Waals surface area (Å²) in [6, 6.07) is 0. The molecule has 0 aromatic carbocycles. The lowest BCUT2D eigenvalue weighted by Gasteiger charge is -2.26. The van der Waals surface area contributed by atoms with Crippen LogP contribution in [0, 0.1) is 0 Å². The summed E-state index contributed by atoms with van der Waals surface area (Å²) in [6.45, 7) is 5.77. The Kier molecular flexibility index (Phi) is 3.76. The zero-order valence-electron chi connectivity index (χ0n) is 7.46. The van der Waals surface area contributed by atoms with Crippen LogP contribution >= 0.6 is 0 Å². The van der Waals surface area contributed by atoms with E-state index in [0.29, 0.717) is 0 Å². The standard InChI is InChI=1S/C5H6N.2C2H5.Al/c1-2-4-6-5-3-1;2*1-2;/h1-4H,5H2;2*1H2,2H3;/q-1;;;+1. The van der Waals surface area contributed by atoms with Gasteiger partial charge in [0.25, 0.3) is 0 Å². The molecule has 0 unspecified atom stereocenters. The molecule has 1 aliphatic heterocycles. The molecular formula is C9H16AlN. The molecule has 0 aromatic rings. The fourth-order valence-corrected chi connectivity index (χ4v) is 3.79. The van der Waals surface area contributed by atoms with Crippen molar-refractivity contribution in [1.82, 2.24) is 3.88 Å². The van der Waals surface area contributed by atoms with Crippen molar-refractivity contribution in [2.75, 3.05) is 6.54 Å². The molecule has 1 heterocycles. The maximum Gasteiger partial charge on any atom is 0.413 e. The van der Waals surface area contributed by atoms with Gasteiger partial charge in [-0.2, -0.15) is 0 Å². The van der Waals surface area contributed by atoms with E-state index >= 15 is 0 Å². The molecule has 1 rings (SSSR count). The fourth-order valence-electron chi connectivity index (χ4n) is 1.51. The van der Waals surface area contributed by atoms with Crippen LogP contribution in [-0.4, -0.2) is 24.8 Å². The van der Waals surface area contributed by atoms with Gasteiger partial charge in [-0.15, -0.1) is 0 Å². The van der Waals surface area contributed by atoms with E-state index in [1.165, 1.54) is 10.6 Å². The number of rotatable bonds is 3. The van der Waals surface area contributed by atoms with Gasteiger partial charge in [0.2, 0.25) is 0 Å². The SMILES string of the molecule is C[CH2][Al]([CH2]C)[N]1C=CC=CC1. The van der Waals surface area contributed by atoms with Gasteiger partial charge in [-0.05, 0) is 12.3 Å². The Morgan fingerprint density at radius 3 is 2.45 bits per heavy atom. The van der Waals surface area contributed by atoms with E-state index in [1.54, 1.807) is 0 Å². The quantitative estimate of drug-likeness (QED) is 0.580. The Balaban J connectivity index is 2.45. The van der Waals surface area contributed by atoms with Gasteiger partial charge in [-0.3, -0.25) is 0 Å². The van der Waals surface area contributed by atoms with E-state index in [9.17, 15) is 0 Å². The van der Waals surface area contributed by atoms with Crippen LogP contribution in [0.5, 0.6) is 0 Å². The third-order valence-electron chi connectivity index (χ3n) is 2.25. The number of hydrogen-bond acceptors (Lipinski definition) is 1. The van der Waals surface area contributed by atoms with E-state index < -0.39 is 14.4 Å². The van der Waals surface area contributed by atoms with Crippen LogP contribution in [0.15, 0.2) is 24.4 Å². The molecule has 0 amide bonds. The molecule has 0 N–H and O–H groups in total. The highest BCUT2D eigenvalue weighted by Gasteiger charge is 2.19. The van der Waals surface area contributed by atoms with Gasteiger partial charge in [-0.25, -0.2) is 0 Å². The summed E-state index contributed by atoms with van der Waals surface area (Å²) in [6.07, 6.45) is 8.78. The van der Waals surface area contributed by atoms with Crippen LogP contribution in [-0.2, 0) is 0 Å². The first kappa shape index (κ1) is 8.90. The van der Waals surface area contributed by atoms with E-state index in [-0.39, 0.29) is 0 Å². The average molecular weight is 165 g/mol. The topological polar surface area (TPSA) is 3.24 Å². The molecule has 0 saturated heterocycles. The Bertz CT molecular complexity index is 159. The first-order valence-corrected chi connectivity index (χ1v) is 6.62. The fraction of sp³-hybridized carbons (Fsp3) is 0.556. The normalized spacial score (nSPS) is 15.6. The Labute approximate surface area is 74.0 Å². The second kappa shape index (κ2) is 4.64. The molecule has 0 fully saturated rings. The minimum atomic E-state index is -0.578. The summed E-state index contributed by atoms with van der Waals surface area (Å²) >= 11 is -0.578. The highest BCUT2D eigenvalue weighted by molar-refractivity contribution is 6.55. The first-order chi connectivity index (χ1) is 5.38. The van der Waals surface area contributed by atoms with Crippen molar-refractivity contribution < 1.29 is 0 Å². The smallest absolute Gasteiger partial charge is 0.413 e. The maximum atomic E-state index is 2.54.